The Labute approximate surface area is 202 Å². The summed E-state index contributed by atoms with van der Waals surface area (Å²) in [7, 11) is -3.58. The summed E-state index contributed by atoms with van der Waals surface area (Å²) >= 11 is 0. The second-order valence-corrected chi connectivity index (χ2v) is 10.7. The molecule has 0 saturated carbocycles. The Kier molecular flexibility index (Phi) is 8.14. The van der Waals surface area contributed by atoms with Crippen LogP contribution in [0.1, 0.15) is 36.0 Å². The molecular formula is C28H32N2O3S. The molecule has 178 valence electrons. The van der Waals surface area contributed by atoms with E-state index in [0.717, 1.165) is 43.5 Å². The molecule has 3 aromatic carbocycles. The lowest BCUT2D eigenvalue weighted by Crippen LogP contribution is -2.39. The molecule has 1 aliphatic rings. The van der Waals surface area contributed by atoms with E-state index in [9.17, 15) is 13.2 Å². The molecule has 5 nitrogen and oxygen atoms in total. The van der Waals surface area contributed by atoms with Gasteiger partial charge in [-0.25, -0.2) is 13.1 Å². The number of sulfonamides is 1. The minimum absolute atomic E-state index is 0.180. The Hall–Kier alpha value is -2.96. The Morgan fingerprint density at radius 1 is 0.794 bits per heavy atom. The number of benzene rings is 3. The molecule has 34 heavy (non-hydrogen) atoms. The molecule has 0 unspecified atom stereocenters. The van der Waals surface area contributed by atoms with Gasteiger partial charge in [0.25, 0.3) is 0 Å². The highest BCUT2D eigenvalue weighted by Crippen LogP contribution is 2.22. The van der Waals surface area contributed by atoms with Crippen LogP contribution in [0.4, 0.5) is 0 Å². The van der Waals surface area contributed by atoms with Crippen molar-refractivity contribution in [2.75, 3.05) is 13.1 Å². The molecule has 4 rings (SSSR count). The monoisotopic (exact) mass is 476 g/mol. The number of aryl methyl sites for hydroxylation is 1. The SMILES string of the molecule is O=C(CCc1ccc(S(=O)(=O)NCc2ccccc2)cc1)N1CCC(Cc2ccccc2)CC1. The van der Waals surface area contributed by atoms with Crippen LogP contribution in [-0.4, -0.2) is 32.3 Å². The van der Waals surface area contributed by atoms with Gasteiger partial charge in [-0.1, -0.05) is 72.8 Å². The highest BCUT2D eigenvalue weighted by Gasteiger charge is 2.22. The van der Waals surface area contributed by atoms with Crippen molar-refractivity contribution in [1.82, 2.24) is 9.62 Å². The van der Waals surface area contributed by atoms with E-state index in [4.69, 9.17) is 0 Å². The average molecular weight is 477 g/mol. The van der Waals surface area contributed by atoms with Crippen LogP contribution in [0.2, 0.25) is 0 Å². The van der Waals surface area contributed by atoms with Gasteiger partial charge in [-0.15, -0.1) is 0 Å². The number of rotatable bonds is 9. The summed E-state index contributed by atoms with van der Waals surface area (Å²) in [5.74, 6) is 0.816. The van der Waals surface area contributed by atoms with Crippen molar-refractivity contribution in [2.45, 2.75) is 43.5 Å². The Bertz CT molecular complexity index is 1160. The van der Waals surface area contributed by atoms with Crippen molar-refractivity contribution in [3.8, 4) is 0 Å². The van der Waals surface area contributed by atoms with Gasteiger partial charge >= 0.3 is 0 Å². The maximum absolute atomic E-state index is 12.7. The van der Waals surface area contributed by atoms with Crippen molar-refractivity contribution in [3.63, 3.8) is 0 Å². The van der Waals surface area contributed by atoms with Crippen molar-refractivity contribution in [1.29, 1.82) is 0 Å². The van der Waals surface area contributed by atoms with Gasteiger partial charge < -0.3 is 4.90 Å². The fraction of sp³-hybridized carbons (Fsp3) is 0.321. The number of nitrogens with zero attached hydrogens (tertiary/aromatic N) is 1. The number of hydrogen-bond donors (Lipinski definition) is 1. The third-order valence-electron chi connectivity index (χ3n) is 6.50. The normalized spacial score (nSPS) is 14.8. The van der Waals surface area contributed by atoms with Crippen LogP contribution in [0.25, 0.3) is 0 Å². The van der Waals surface area contributed by atoms with E-state index in [0.29, 0.717) is 18.8 Å². The molecule has 1 saturated heterocycles. The number of carbonyl (C=O) groups excluding carboxylic acids is 1. The predicted octanol–water partition coefficient (Wildman–Crippen LogP) is 4.58. The number of amides is 1. The van der Waals surface area contributed by atoms with Crippen LogP contribution in [0.3, 0.4) is 0 Å². The Balaban J connectivity index is 1.22. The highest BCUT2D eigenvalue weighted by molar-refractivity contribution is 7.89. The first-order valence-corrected chi connectivity index (χ1v) is 13.4. The first kappa shape index (κ1) is 24.2. The summed E-state index contributed by atoms with van der Waals surface area (Å²) < 4.78 is 27.8. The Morgan fingerprint density at radius 2 is 1.38 bits per heavy atom. The van der Waals surface area contributed by atoms with E-state index in [1.54, 1.807) is 24.3 Å². The summed E-state index contributed by atoms with van der Waals surface area (Å²) in [6.45, 7) is 1.89. The van der Waals surface area contributed by atoms with E-state index in [2.05, 4.69) is 29.0 Å². The smallest absolute Gasteiger partial charge is 0.240 e. The maximum Gasteiger partial charge on any atom is 0.240 e. The second-order valence-electron chi connectivity index (χ2n) is 8.97. The van der Waals surface area contributed by atoms with Crippen molar-refractivity contribution in [2.24, 2.45) is 5.92 Å². The second kappa shape index (κ2) is 11.4. The molecule has 0 spiro atoms. The zero-order chi connectivity index (χ0) is 23.8. The molecule has 0 aromatic heterocycles. The number of hydrogen-bond acceptors (Lipinski definition) is 3. The van der Waals surface area contributed by atoms with Gasteiger partial charge in [0.05, 0.1) is 4.90 Å². The van der Waals surface area contributed by atoms with Crippen LogP contribution >= 0.6 is 0 Å². The van der Waals surface area contributed by atoms with E-state index in [1.165, 1.54) is 5.56 Å². The average Bonchev–Trinajstić information content (AvgIpc) is 2.88. The molecular weight excluding hydrogens is 444 g/mol. The molecule has 1 N–H and O–H groups in total. The van der Waals surface area contributed by atoms with Crippen molar-refractivity contribution in [3.05, 3.63) is 102 Å². The largest absolute Gasteiger partial charge is 0.343 e. The number of carbonyl (C=O) groups is 1. The summed E-state index contributed by atoms with van der Waals surface area (Å²) in [5, 5.41) is 0. The minimum Gasteiger partial charge on any atom is -0.343 e. The van der Waals surface area contributed by atoms with E-state index in [1.807, 2.05) is 41.3 Å². The fourth-order valence-electron chi connectivity index (χ4n) is 4.44. The Morgan fingerprint density at radius 3 is 2.00 bits per heavy atom. The van der Waals surface area contributed by atoms with Crippen LogP contribution in [0.15, 0.2) is 89.8 Å². The van der Waals surface area contributed by atoms with E-state index in [-0.39, 0.29) is 17.3 Å². The van der Waals surface area contributed by atoms with Gasteiger partial charge in [0.2, 0.25) is 15.9 Å². The zero-order valence-corrected chi connectivity index (χ0v) is 20.2. The maximum atomic E-state index is 12.7. The van der Waals surface area contributed by atoms with Gasteiger partial charge in [0, 0.05) is 26.1 Å². The molecule has 0 atom stereocenters. The van der Waals surface area contributed by atoms with Gasteiger partial charge in [-0.05, 0) is 60.4 Å². The van der Waals surface area contributed by atoms with Gasteiger partial charge in [0.15, 0.2) is 0 Å². The first-order valence-electron chi connectivity index (χ1n) is 11.9. The topological polar surface area (TPSA) is 66.5 Å². The quantitative estimate of drug-likeness (QED) is 0.492. The van der Waals surface area contributed by atoms with Crippen LogP contribution in [-0.2, 0) is 34.2 Å². The summed E-state index contributed by atoms with van der Waals surface area (Å²) in [6.07, 6.45) is 4.23. The summed E-state index contributed by atoms with van der Waals surface area (Å²) in [4.78, 5) is 14.9. The lowest BCUT2D eigenvalue weighted by molar-refractivity contribution is -0.132. The standard InChI is InChI=1S/C28H32N2O3S/c31-28(30-19-17-25(18-20-30)21-24-7-3-1-4-8-24)16-13-23-11-14-27(15-12-23)34(32,33)29-22-26-9-5-2-6-10-26/h1-12,14-15,25,29H,13,16-22H2. The molecule has 3 aromatic rings. The number of piperidine rings is 1. The number of likely N-dealkylation sites (tertiary alicyclic amines) is 1. The lowest BCUT2D eigenvalue weighted by Gasteiger charge is -2.32. The third-order valence-corrected chi connectivity index (χ3v) is 7.92. The molecule has 1 amide bonds. The van der Waals surface area contributed by atoms with Gasteiger partial charge in [0.1, 0.15) is 0 Å². The summed E-state index contributed by atoms with van der Waals surface area (Å²) in [6, 6.07) is 26.8. The molecule has 0 bridgehead atoms. The molecule has 6 heteroatoms. The molecule has 1 fully saturated rings. The predicted molar refractivity (Wildman–Crippen MR) is 135 cm³/mol. The van der Waals surface area contributed by atoms with Crippen molar-refractivity contribution < 1.29 is 13.2 Å². The molecule has 0 aliphatic carbocycles. The van der Waals surface area contributed by atoms with E-state index >= 15 is 0 Å². The molecule has 0 radical (unpaired) electrons. The lowest BCUT2D eigenvalue weighted by atomic mass is 9.90. The summed E-state index contributed by atoms with van der Waals surface area (Å²) in [5.41, 5.74) is 3.24. The molecule has 1 heterocycles. The minimum atomic E-state index is -3.58. The first-order chi connectivity index (χ1) is 16.5. The third kappa shape index (κ3) is 6.78. The van der Waals surface area contributed by atoms with Gasteiger partial charge in [-0.2, -0.15) is 0 Å². The highest BCUT2D eigenvalue weighted by atomic mass is 32.2. The van der Waals surface area contributed by atoms with E-state index < -0.39 is 10.0 Å². The zero-order valence-electron chi connectivity index (χ0n) is 19.4. The molecule has 1 aliphatic heterocycles. The van der Waals surface area contributed by atoms with Gasteiger partial charge in [-0.3, -0.25) is 4.79 Å². The van der Waals surface area contributed by atoms with Crippen molar-refractivity contribution >= 4 is 15.9 Å². The number of nitrogens with one attached hydrogen (secondary N) is 1. The van der Waals surface area contributed by atoms with Crippen LogP contribution in [0, 0.1) is 5.92 Å². The van der Waals surface area contributed by atoms with Crippen LogP contribution in [0.5, 0.6) is 0 Å². The fourth-order valence-corrected chi connectivity index (χ4v) is 5.45. The van der Waals surface area contributed by atoms with Crippen LogP contribution < -0.4 is 4.72 Å².